The molecular formula is C13H10ClN3O4. The fraction of sp³-hybridized carbons (Fsp3) is 0.0769. The number of carbonyl (C=O) groups excluding carboxylic acids is 1. The van der Waals surface area contributed by atoms with Gasteiger partial charge < -0.3 is 10.4 Å². The minimum absolute atomic E-state index is 0.315. The summed E-state index contributed by atoms with van der Waals surface area (Å²) < 4.78 is 0.781. The van der Waals surface area contributed by atoms with E-state index in [-0.39, 0.29) is 5.69 Å². The van der Waals surface area contributed by atoms with Gasteiger partial charge >= 0.3 is 5.97 Å². The van der Waals surface area contributed by atoms with E-state index in [1.54, 1.807) is 24.3 Å². The molecule has 2 N–H and O–H groups in total. The monoisotopic (exact) mass is 307 g/mol. The second-order valence-corrected chi connectivity index (χ2v) is 4.51. The Balaban J connectivity index is 2.14. The van der Waals surface area contributed by atoms with Crippen LogP contribution in [0.15, 0.2) is 41.2 Å². The molecule has 108 valence electrons. The summed E-state index contributed by atoms with van der Waals surface area (Å²) in [7, 11) is 0. The van der Waals surface area contributed by atoms with Crippen molar-refractivity contribution >= 4 is 29.2 Å². The van der Waals surface area contributed by atoms with E-state index in [0.29, 0.717) is 10.7 Å². The molecule has 0 fully saturated rings. The lowest BCUT2D eigenvalue weighted by Gasteiger charge is -2.07. The summed E-state index contributed by atoms with van der Waals surface area (Å²) in [6.07, 6.45) is 0. The second-order valence-electron chi connectivity index (χ2n) is 4.08. The minimum Gasteiger partial charge on any atom is -0.476 e. The molecule has 1 heterocycles. The fourth-order valence-electron chi connectivity index (χ4n) is 1.58. The molecule has 21 heavy (non-hydrogen) atoms. The van der Waals surface area contributed by atoms with E-state index in [0.717, 1.165) is 16.8 Å². The highest BCUT2D eigenvalue weighted by Crippen LogP contribution is 2.14. The number of hydrogen-bond donors (Lipinski definition) is 2. The van der Waals surface area contributed by atoms with Crippen LogP contribution in [0.3, 0.4) is 0 Å². The van der Waals surface area contributed by atoms with Crippen LogP contribution in [0.25, 0.3) is 0 Å². The molecule has 0 atom stereocenters. The molecule has 7 nitrogen and oxygen atoms in total. The lowest BCUT2D eigenvalue weighted by atomic mass is 10.3. The number of amides is 1. The predicted molar refractivity (Wildman–Crippen MR) is 75.5 cm³/mol. The number of rotatable bonds is 4. The third-order valence-corrected chi connectivity index (χ3v) is 2.72. The Morgan fingerprint density at radius 1 is 1.29 bits per heavy atom. The van der Waals surface area contributed by atoms with Crippen molar-refractivity contribution in [3.05, 3.63) is 57.5 Å². The second kappa shape index (κ2) is 6.19. The summed E-state index contributed by atoms with van der Waals surface area (Å²) in [5, 5.41) is 15.4. The van der Waals surface area contributed by atoms with Gasteiger partial charge in [-0.2, -0.15) is 5.10 Å². The smallest absolute Gasteiger partial charge is 0.356 e. The number of aromatic nitrogens is 2. The van der Waals surface area contributed by atoms with Crippen molar-refractivity contribution < 1.29 is 14.7 Å². The van der Waals surface area contributed by atoms with Gasteiger partial charge in [0, 0.05) is 16.8 Å². The molecule has 0 bridgehead atoms. The number of aromatic carboxylic acids is 1. The van der Waals surface area contributed by atoms with Gasteiger partial charge in [-0.1, -0.05) is 17.7 Å². The molecule has 0 saturated heterocycles. The van der Waals surface area contributed by atoms with Crippen LogP contribution in [0, 0.1) is 0 Å². The summed E-state index contributed by atoms with van der Waals surface area (Å²) in [5.74, 6) is -1.80. The van der Waals surface area contributed by atoms with Crippen molar-refractivity contribution in [2.24, 2.45) is 0 Å². The van der Waals surface area contributed by atoms with Crippen molar-refractivity contribution in [2.45, 2.75) is 6.54 Å². The lowest BCUT2D eigenvalue weighted by molar-refractivity contribution is -0.117. The third kappa shape index (κ3) is 3.90. The molecule has 0 spiro atoms. The Bertz CT molecular complexity index is 757. The first kappa shape index (κ1) is 14.7. The van der Waals surface area contributed by atoms with Gasteiger partial charge in [0.05, 0.1) is 0 Å². The summed E-state index contributed by atoms with van der Waals surface area (Å²) in [4.78, 5) is 34.2. The number of benzene rings is 1. The molecule has 0 saturated carbocycles. The van der Waals surface area contributed by atoms with Gasteiger partial charge in [-0.3, -0.25) is 9.59 Å². The van der Waals surface area contributed by atoms with Crippen LogP contribution in [0.5, 0.6) is 0 Å². The van der Waals surface area contributed by atoms with Crippen LogP contribution >= 0.6 is 11.6 Å². The van der Waals surface area contributed by atoms with Gasteiger partial charge in [0.15, 0.2) is 5.69 Å². The zero-order valence-corrected chi connectivity index (χ0v) is 11.4. The van der Waals surface area contributed by atoms with Gasteiger partial charge in [0.2, 0.25) is 5.91 Å². The van der Waals surface area contributed by atoms with Crippen molar-refractivity contribution in [3.63, 3.8) is 0 Å². The van der Waals surface area contributed by atoms with Gasteiger partial charge in [0.25, 0.3) is 5.56 Å². The SMILES string of the molecule is O=C(Cn1nc(C(=O)O)ccc1=O)Nc1cccc(Cl)c1. The van der Waals surface area contributed by atoms with E-state index in [1.807, 2.05) is 0 Å². The number of carbonyl (C=O) groups is 2. The van der Waals surface area contributed by atoms with E-state index in [9.17, 15) is 14.4 Å². The lowest BCUT2D eigenvalue weighted by Crippen LogP contribution is -2.30. The van der Waals surface area contributed by atoms with Crippen molar-refractivity contribution in [1.29, 1.82) is 0 Å². The summed E-state index contributed by atoms with van der Waals surface area (Å²) in [6.45, 7) is -0.396. The van der Waals surface area contributed by atoms with Gasteiger partial charge in [-0.05, 0) is 24.3 Å². The molecule has 0 unspecified atom stereocenters. The molecule has 0 aliphatic rings. The van der Waals surface area contributed by atoms with E-state index in [1.165, 1.54) is 0 Å². The maximum absolute atomic E-state index is 11.8. The van der Waals surface area contributed by atoms with Gasteiger partial charge in [-0.15, -0.1) is 0 Å². The maximum atomic E-state index is 11.8. The zero-order valence-electron chi connectivity index (χ0n) is 10.6. The average Bonchev–Trinajstić information content (AvgIpc) is 2.41. The van der Waals surface area contributed by atoms with E-state index < -0.39 is 24.0 Å². The number of carboxylic acids is 1. The first-order chi connectivity index (χ1) is 9.95. The molecule has 2 rings (SSSR count). The fourth-order valence-corrected chi connectivity index (χ4v) is 1.77. The first-order valence-corrected chi connectivity index (χ1v) is 6.20. The molecule has 2 aromatic rings. The summed E-state index contributed by atoms with van der Waals surface area (Å²) in [6, 6.07) is 8.61. The molecule has 8 heteroatoms. The largest absolute Gasteiger partial charge is 0.476 e. The summed E-state index contributed by atoms with van der Waals surface area (Å²) in [5.41, 5.74) is -0.415. The summed E-state index contributed by atoms with van der Waals surface area (Å²) >= 11 is 5.79. The molecular weight excluding hydrogens is 298 g/mol. The number of hydrogen-bond acceptors (Lipinski definition) is 4. The van der Waals surface area contributed by atoms with E-state index in [4.69, 9.17) is 16.7 Å². The normalized spacial score (nSPS) is 10.1. The average molecular weight is 308 g/mol. The zero-order chi connectivity index (χ0) is 15.4. The maximum Gasteiger partial charge on any atom is 0.356 e. The van der Waals surface area contributed by atoms with Crippen LogP contribution in [0.1, 0.15) is 10.5 Å². The van der Waals surface area contributed by atoms with Crippen molar-refractivity contribution in [3.8, 4) is 0 Å². The van der Waals surface area contributed by atoms with Crippen LogP contribution in [-0.2, 0) is 11.3 Å². The number of carboxylic acid groups (broad SMARTS) is 1. The van der Waals surface area contributed by atoms with E-state index in [2.05, 4.69) is 10.4 Å². The van der Waals surface area contributed by atoms with Crippen LogP contribution in [0.4, 0.5) is 5.69 Å². The van der Waals surface area contributed by atoms with Crippen molar-refractivity contribution in [1.82, 2.24) is 9.78 Å². The van der Waals surface area contributed by atoms with Crippen LogP contribution in [-0.4, -0.2) is 26.8 Å². The molecule has 0 aliphatic carbocycles. The highest BCUT2D eigenvalue weighted by molar-refractivity contribution is 6.30. The standard InChI is InChI=1S/C13H10ClN3O4/c14-8-2-1-3-9(6-8)15-11(18)7-17-12(19)5-4-10(16-17)13(20)21/h1-6H,7H2,(H,15,18)(H,20,21). The van der Waals surface area contributed by atoms with E-state index >= 15 is 0 Å². The first-order valence-electron chi connectivity index (χ1n) is 5.82. The third-order valence-electron chi connectivity index (χ3n) is 2.49. The number of halogens is 1. The Labute approximate surface area is 123 Å². The van der Waals surface area contributed by atoms with Crippen LogP contribution < -0.4 is 10.9 Å². The highest BCUT2D eigenvalue weighted by atomic mass is 35.5. The van der Waals surface area contributed by atoms with Gasteiger partial charge in [-0.25, -0.2) is 9.48 Å². The molecule has 0 radical (unpaired) electrons. The highest BCUT2D eigenvalue weighted by Gasteiger charge is 2.10. The predicted octanol–water partition coefficient (Wildman–Crippen LogP) is 1.23. The molecule has 1 aromatic carbocycles. The Morgan fingerprint density at radius 3 is 2.71 bits per heavy atom. The quantitative estimate of drug-likeness (QED) is 0.884. The Hall–Kier alpha value is -2.67. The molecule has 1 amide bonds. The van der Waals surface area contributed by atoms with Gasteiger partial charge in [0.1, 0.15) is 6.54 Å². The van der Waals surface area contributed by atoms with Crippen molar-refractivity contribution in [2.75, 3.05) is 5.32 Å². The molecule has 1 aromatic heterocycles. The van der Waals surface area contributed by atoms with Crippen LogP contribution in [0.2, 0.25) is 5.02 Å². The minimum atomic E-state index is -1.28. The number of nitrogens with zero attached hydrogens (tertiary/aromatic N) is 2. The Morgan fingerprint density at radius 2 is 2.05 bits per heavy atom. The molecule has 0 aliphatic heterocycles. The Kier molecular flexibility index (Phi) is 4.34. The number of nitrogens with one attached hydrogen (secondary N) is 1. The number of anilines is 1. The topological polar surface area (TPSA) is 101 Å².